The molecule has 0 bridgehead atoms. The summed E-state index contributed by atoms with van der Waals surface area (Å²) < 4.78 is 12.1. The number of rotatable bonds is 8. The maximum atomic E-state index is 11.6. The van der Waals surface area contributed by atoms with E-state index in [1.54, 1.807) is 6.20 Å². The average Bonchev–Trinajstić information content (AvgIpc) is 2.35. The van der Waals surface area contributed by atoms with Crippen LogP contribution in [-0.2, 0) is 22.8 Å². The van der Waals surface area contributed by atoms with Gasteiger partial charge in [-0.05, 0) is 19.3 Å². The molecule has 6 nitrogen and oxygen atoms in total. The van der Waals surface area contributed by atoms with Gasteiger partial charge >= 0.3 is 5.69 Å². The van der Waals surface area contributed by atoms with E-state index >= 15 is 0 Å². The van der Waals surface area contributed by atoms with Crippen molar-refractivity contribution in [1.82, 2.24) is 9.55 Å². The molecule has 0 aliphatic rings. The average molecular weight is 269 g/mol. The van der Waals surface area contributed by atoms with Gasteiger partial charge in [0.2, 0.25) is 0 Å². The van der Waals surface area contributed by atoms with E-state index in [1.807, 2.05) is 6.92 Å². The van der Waals surface area contributed by atoms with Crippen LogP contribution in [-0.4, -0.2) is 22.8 Å². The van der Waals surface area contributed by atoms with Crippen molar-refractivity contribution < 1.29 is 9.47 Å². The number of nitrogens with two attached hydrogens (primary N) is 1. The zero-order valence-electron chi connectivity index (χ0n) is 11.9. The van der Waals surface area contributed by atoms with Crippen LogP contribution in [0, 0.1) is 5.92 Å². The van der Waals surface area contributed by atoms with Crippen LogP contribution in [0.15, 0.2) is 11.0 Å². The van der Waals surface area contributed by atoms with Crippen LogP contribution in [0.2, 0.25) is 0 Å². The molecule has 19 heavy (non-hydrogen) atoms. The highest BCUT2D eigenvalue weighted by molar-refractivity contribution is 5.36. The fraction of sp³-hybridized carbons (Fsp3) is 0.692. The predicted molar refractivity (Wildman–Crippen MR) is 73.6 cm³/mol. The Morgan fingerprint density at radius 1 is 1.42 bits per heavy atom. The minimum atomic E-state index is -0.406. The van der Waals surface area contributed by atoms with Gasteiger partial charge in [0.25, 0.3) is 0 Å². The van der Waals surface area contributed by atoms with E-state index in [1.165, 1.54) is 4.57 Å². The number of nitrogen functional groups attached to an aromatic ring is 1. The summed E-state index contributed by atoms with van der Waals surface area (Å²) in [5.41, 5.74) is 6.02. The van der Waals surface area contributed by atoms with Crippen molar-refractivity contribution in [2.75, 3.05) is 18.9 Å². The lowest BCUT2D eigenvalue weighted by Crippen LogP contribution is -2.26. The van der Waals surface area contributed by atoms with Crippen molar-refractivity contribution >= 4 is 5.82 Å². The summed E-state index contributed by atoms with van der Waals surface area (Å²) in [4.78, 5) is 15.3. The first-order valence-corrected chi connectivity index (χ1v) is 6.56. The molecule has 0 saturated heterocycles. The minimum Gasteiger partial charge on any atom is -0.383 e. The first kappa shape index (κ1) is 15.7. The summed E-state index contributed by atoms with van der Waals surface area (Å²) in [6, 6.07) is 0. The van der Waals surface area contributed by atoms with Crippen LogP contribution >= 0.6 is 0 Å². The van der Waals surface area contributed by atoms with E-state index < -0.39 is 5.69 Å². The number of aromatic nitrogens is 2. The summed E-state index contributed by atoms with van der Waals surface area (Å²) in [5, 5.41) is 0. The van der Waals surface area contributed by atoms with Crippen LogP contribution in [0.25, 0.3) is 0 Å². The summed E-state index contributed by atoms with van der Waals surface area (Å²) in [6.07, 6.45) is 2.64. The third-order valence-electron chi connectivity index (χ3n) is 2.63. The van der Waals surface area contributed by atoms with Gasteiger partial charge in [0.15, 0.2) is 0 Å². The topological polar surface area (TPSA) is 79.4 Å². The quantitative estimate of drug-likeness (QED) is 0.721. The number of hydrogen-bond acceptors (Lipinski definition) is 5. The second kappa shape index (κ2) is 7.91. The van der Waals surface area contributed by atoms with E-state index in [4.69, 9.17) is 15.2 Å². The van der Waals surface area contributed by atoms with Gasteiger partial charge in [-0.25, -0.2) is 4.79 Å². The monoisotopic (exact) mass is 269 g/mol. The summed E-state index contributed by atoms with van der Waals surface area (Å²) in [7, 11) is 0. The van der Waals surface area contributed by atoms with E-state index in [-0.39, 0.29) is 12.5 Å². The maximum Gasteiger partial charge on any atom is 0.351 e. The van der Waals surface area contributed by atoms with Crippen molar-refractivity contribution in [2.24, 2.45) is 5.92 Å². The molecule has 0 spiro atoms. The molecule has 0 aliphatic heterocycles. The molecule has 0 saturated carbocycles. The normalized spacial score (nSPS) is 11.2. The smallest absolute Gasteiger partial charge is 0.351 e. The molecule has 2 N–H and O–H groups in total. The molecule has 1 rings (SSSR count). The Labute approximate surface area is 113 Å². The van der Waals surface area contributed by atoms with Gasteiger partial charge in [-0.2, -0.15) is 4.98 Å². The lowest BCUT2D eigenvalue weighted by atomic mass is 10.1. The zero-order valence-corrected chi connectivity index (χ0v) is 11.9. The van der Waals surface area contributed by atoms with Gasteiger partial charge in [-0.15, -0.1) is 0 Å². The van der Waals surface area contributed by atoms with Crippen LogP contribution in [0.5, 0.6) is 0 Å². The van der Waals surface area contributed by atoms with Gasteiger partial charge in [0, 0.05) is 25.0 Å². The molecule has 0 amide bonds. The predicted octanol–water partition coefficient (Wildman–Crippen LogP) is 1.38. The zero-order chi connectivity index (χ0) is 14.3. The fourth-order valence-corrected chi connectivity index (χ4v) is 1.44. The molecule has 1 aromatic heterocycles. The number of hydrogen-bond donors (Lipinski definition) is 1. The van der Waals surface area contributed by atoms with E-state index in [9.17, 15) is 4.79 Å². The van der Waals surface area contributed by atoms with Crippen molar-refractivity contribution in [1.29, 1.82) is 0 Å². The summed E-state index contributed by atoms with van der Waals surface area (Å²) in [5.74, 6) is 0.824. The standard InChI is InChI=1S/C13H23N3O3/c1-4-18-9-16-7-11(12(14)15-13(16)17)8-19-6-5-10(2)3/h7,10H,4-6,8-9H2,1-3H3,(H2,14,15,17). The molecule has 0 aromatic carbocycles. The van der Waals surface area contributed by atoms with E-state index in [0.29, 0.717) is 31.3 Å². The second-order valence-electron chi connectivity index (χ2n) is 4.76. The van der Waals surface area contributed by atoms with Crippen molar-refractivity contribution in [3.8, 4) is 0 Å². The van der Waals surface area contributed by atoms with Crippen molar-refractivity contribution in [3.05, 3.63) is 22.2 Å². The van der Waals surface area contributed by atoms with Crippen LogP contribution < -0.4 is 11.4 Å². The third-order valence-corrected chi connectivity index (χ3v) is 2.63. The maximum absolute atomic E-state index is 11.6. The molecular weight excluding hydrogens is 246 g/mol. The van der Waals surface area contributed by atoms with E-state index in [0.717, 1.165) is 6.42 Å². The van der Waals surface area contributed by atoms with Gasteiger partial charge in [-0.1, -0.05) is 13.8 Å². The molecule has 0 fully saturated rings. The minimum absolute atomic E-state index is 0.182. The first-order chi connectivity index (χ1) is 9.04. The van der Waals surface area contributed by atoms with E-state index in [2.05, 4.69) is 18.8 Å². The number of anilines is 1. The fourth-order valence-electron chi connectivity index (χ4n) is 1.44. The number of nitrogens with zero attached hydrogens (tertiary/aromatic N) is 2. The number of ether oxygens (including phenoxy) is 2. The van der Waals surface area contributed by atoms with Crippen LogP contribution in [0.3, 0.4) is 0 Å². The summed E-state index contributed by atoms with van der Waals surface area (Å²) in [6.45, 7) is 7.90. The Hall–Kier alpha value is -1.40. The Morgan fingerprint density at radius 2 is 2.16 bits per heavy atom. The second-order valence-corrected chi connectivity index (χ2v) is 4.76. The van der Waals surface area contributed by atoms with Gasteiger partial charge in [-0.3, -0.25) is 4.57 Å². The van der Waals surface area contributed by atoms with Gasteiger partial charge in [0.05, 0.1) is 6.61 Å². The highest BCUT2D eigenvalue weighted by atomic mass is 16.5. The lowest BCUT2D eigenvalue weighted by molar-refractivity contribution is 0.0823. The molecule has 6 heteroatoms. The molecule has 0 atom stereocenters. The van der Waals surface area contributed by atoms with Crippen molar-refractivity contribution in [2.45, 2.75) is 40.5 Å². The SMILES string of the molecule is CCOCn1cc(COCCC(C)C)c(N)nc1=O. The molecule has 0 unspecified atom stereocenters. The molecule has 1 heterocycles. The van der Waals surface area contributed by atoms with Gasteiger partial charge < -0.3 is 15.2 Å². The Kier molecular flexibility index (Phi) is 6.52. The molecular formula is C13H23N3O3. The Bertz CT molecular complexity index is 443. The molecule has 1 aromatic rings. The molecule has 108 valence electrons. The molecule has 0 aliphatic carbocycles. The highest BCUT2D eigenvalue weighted by Gasteiger charge is 2.06. The Morgan fingerprint density at radius 3 is 2.79 bits per heavy atom. The summed E-state index contributed by atoms with van der Waals surface area (Å²) >= 11 is 0. The van der Waals surface area contributed by atoms with Crippen LogP contribution in [0.4, 0.5) is 5.82 Å². The highest BCUT2D eigenvalue weighted by Crippen LogP contribution is 2.08. The molecule has 0 radical (unpaired) electrons. The van der Waals surface area contributed by atoms with Crippen LogP contribution in [0.1, 0.15) is 32.8 Å². The third kappa shape index (κ3) is 5.40. The Balaban J connectivity index is 2.63. The lowest BCUT2D eigenvalue weighted by Gasteiger charge is -2.11. The van der Waals surface area contributed by atoms with Crippen molar-refractivity contribution in [3.63, 3.8) is 0 Å². The largest absolute Gasteiger partial charge is 0.383 e. The van der Waals surface area contributed by atoms with Gasteiger partial charge in [0.1, 0.15) is 12.5 Å². The first-order valence-electron chi connectivity index (χ1n) is 6.56.